The minimum atomic E-state index is -0.249. The molecule has 2 rings (SSSR count). The summed E-state index contributed by atoms with van der Waals surface area (Å²) in [5.41, 5.74) is 8.00. The first-order valence-electron chi connectivity index (χ1n) is 5.17. The average Bonchev–Trinajstić information content (AvgIpc) is 2.48. The number of aliphatic hydroxyl groups excluding tert-OH is 1. The van der Waals surface area contributed by atoms with Crippen molar-refractivity contribution in [2.75, 3.05) is 6.54 Å². The third kappa shape index (κ3) is 1.72. The van der Waals surface area contributed by atoms with E-state index in [1.54, 1.807) is 11.3 Å². The number of nitrogens with two attached hydrogens (primary N) is 1. The van der Waals surface area contributed by atoms with Gasteiger partial charge in [-0.25, -0.2) is 0 Å². The van der Waals surface area contributed by atoms with Crippen LogP contribution in [-0.2, 0) is 6.42 Å². The maximum absolute atomic E-state index is 9.99. The smallest absolute Gasteiger partial charge is 0.0806 e. The summed E-state index contributed by atoms with van der Waals surface area (Å²) in [6.45, 7) is 2.82. The van der Waals surface area contributed by atoms with E-state index in [4.69, 9.17) is 5.73 Å². The van der Waals surface area contributed by atoms with Gasteiger partial charge in [-0.05, 0) is 55.2 Å². The minimum Gasteiger partial charge on any atom is -0.388 e. The Balaban J connectivity index is 2.21. The van der Waals surface area contributed by atoms with E-state index in [2.05, 4.69) is 12.3 Å². The number of thiophene rings is 1. The summed E-state index contributed by atoms with van der Waals surface area (Å²) in [6.07, 6.45) is 2.79. The molecule has 0 amide bonds. The molecule has 0 spiro atoms. The molecule has 1 aromatic heterocycles. The number of fused-ring (bicyclic) bond motifs is 1. The first-order valence-corrected chi connectivity index (χ1v) is 6.05. The highest BCUT2D eigenvalue weighted by molar-refractivity contribution is 7.10. The standard InChI is InChI=1S/C11H17NOS/c1-7-6-14-10-5-8(2-3-12)4-9(13)11(7)10/h6,8-9,13H,2-5,12H2,1H3. The lowest BCUT2D eigenvalue weighted by molar-refractivity contribution is 0.130. The van der Waals surface area contributed by atoms with Gasteiger partial charge < -0.3 is 10.8 Å². The fourth-order valence-electron chi connectivity index (χ4n) is 2.35. The van der Waals surface area contributed by atoms with E-state index >= 15 is 0 Å². The highest BCUT2D eigenvalue weighted by Gasteiger charge is 2.27. The molecule has 1 aliphatic rings. The molecule has 0 radical (unpaired) electrons. The molecule has 0 fully saturated rings. The van der Waals surface area contributed by atoms with E-state index in [-0.39, 0.29) is 6.10 Å². The van der Waals surface area contributed by atoms with Crippen LogP contribution in [0.4, 0.5) is 0 Å². The molecule has 2 unspecified atom stereocenters. The van der Waals surface area contributed by atoms with Crippen LogP contribution in [0.2, 0.25) is 0 Å². The van der Waals surface area contributed by atoms with Crippen molar-refractivity contribution in [1.29, 1.82) is 0 Å². The predicted molar refractivity (Wildman–Crippen MR) is 59.5 cm³/mol. The molecular formula is C11H17NOS. The summed E-state index contributed by atoms with van der Waals surface area (Å²) in [6, 6.07) is 0. The molecule has 0 saturated carbocycles. The average molecular weight is 211 g/mol. The Morgan fingerprint density at radius 3 is 3.14 bits per heavy atom. The molecule has 0 bridgehead atoms. The second-order valence-electron chi connectivity index (χ2n) is 4.15. The fourth-order valence-corrected chi connectivity index (χ4v) is 3.55. The molecule has 2 nitrogen and oxygen atoms in total. The molecule has 78 valence electrons. The molecule has 1 aromatic rings. The Kier molecular flexibility index (Phi) is 2.91. The van der Waals surface area contributed by atoms with Crippen molar-refractivity contribution in [1.82, 2.24) is 0 Å². The van der Waals surface area contributed by atoms with Gasteiger partial charge in [-0.1, -0.05) is 0 Å². The number of hydrogen-bond acceptors (Lipinski definition) is 3. The lowest BCUT2D eigenvalue weighted by atomic mass is 9.84. The normalized spacial score (nSPS) is 26.2. The molecular weight excluding hydrogens is 194 g/mol. The van der Waals surface area contributed by atoms with Crippen LogP contribution in [0.3, 0.4) is 0 Å². The van der Waals surface area contributed by atoms with Crippen LogP contribution in [0.25, 0.3) is 0 Å². The third-order valence-corrected chi connectivity index (χ3v) is 4.18. The Morgan fingerprint density at radius 1 is 1.64 bits per heavy atom. The number of aryl methyl sites for hydroxylation is 1. The molecule has 14 heavy (non-hydrogen) atoms. The van der Waals surface area contributed by atoms with Crippen LogP contribution in [0.15, 0.2) is 5.38 Å². The lowest BCUT2D eigenvalue weighted by Crippen LogP contribution is -2.20. The van der Waals surface area contributed by atoms with Crippen molar-refractivity contribution in [2.24, 2.45) is 11.7 Å². The van der Waals surface area contributed by atoms with Crippen molar-refractivity contribution >= 4 is 11.3 Å². The monoisotopic (exact) mass is 211 g/mol. The summed E-state index contributed by atoms with van der Waals surface area (Å²) >= 11 is 1.78. The van der Waals surface area contributed by atoms with Gasteiger partial charge in [0.2, 0.25) is 0 Å². The first kappa shape index (κ1) is 10.1. The summed E-state index contributed by atoms with van der Waals surface area (Å²) in [5.74, 6) is 0.584. The topological polar surface area (TPSA) is 46.2 Å². The summed E-state index contributed by atoms with van der Waals surface area (Å²) in [7, 11) is 0. The zero-order chi connectivity index (χ0) is 10.1. The van der Waals surface area contributed by atoms with Crippen molar-refractivity contribution < 1.29 is 5.11 Å². The van der Waals surface area contributed by atoms with Crippen molar-refractivity contribution in [3.05, 3.63) is 21.4 Å². The van der Waals surface area contributed by atoms with Crippen LogP contribution in [0, 0.1) is 12.8 Å². The van der Waals surface area contributed by atoms with Crippen LogP contribution < -0.4 is 5.73 Å². The van der Waals surface area contributed by atoms with Gasteiger partial charge in [-0.15, -0.1) is 11.3 Å². The van der Waals surface area contributed by atoms with E-state index in [9.17, 15) is 5.11 Å². The zero-order valence-corrected chi connectivity index (χ0v) is 9.31. The molecule has 0 aromatic carbocycles. The highest BCUT2D eigenvalue weighted by atomic mass is 32.1. The minimum absolute atomic E-state index is 0.249. The Hall–Kier alpha value is -0.380. The van der Waals surface area contributed by atoms with Crippen molar-refractivity contribution in [3.63, 3.8) is 0 Å². The molecule has 3 N–H and O–H groups in total. The van der Waals surface area contributed by atoms with Gasteiger partial charge in [0.15, 0.2) is 0 Å². The number of hydrogen-bond donors (Lipinski definition) is 2. The van der Waals surface area contributed by atoms with Crippen molar-refractivity contribution in [2.45, 2.75) is 32.3 Å². The quantitative estimate of drug-likeness (QED) is 0.786. The van der Waals surface area contributed by atoms with Crippen LogP contribution in [-0.4, -0.2) is 11.7 Å². The van der Waals surface area contributed by atoms with Gasteiger partial charge in [0.05, 0.1) is 6.10 Å². The molecule has 0 aliphatic heterocycles. The number of aliphatic hydroxyl groups is 1. The molecule has 1 aliphatic carbocycles. The van der Waals surface area contributed by atoms with Crippen LogP contribution >= 0.6 is 11.3 Å². The Bertz CT molecular complexity index is 321. The largest absolute Gasteiger partial charge is 0.388 e. The van der Waals surface area contributed by atoms with E-state index in [1.165, 1.54) is 16.0 Å². The van der Waals surface area contributed by atoms with Gasteiger partial charge in [0.1, 0.15) is 0 Å². The SMILES string of the molecule is Cc1csc2c1C(O)CC(CCN)C2. The van der Waals surface area contributed by atoms with E-state index in [0.717, 1.165) is 25.8 Å². The van der Waals surface area contributed by atoms with E-state index in [1.807, 2.05) is 0 Å². The summed E-state index contributed by atoms with van der Waals surface area (Å²) in [4.78, 5) is 1.37. The van der Waals surface area contributed by atoms with Gasteiger partial charge in [-0.3, -0.25) is 0 Å². The van der Waals surface area contributed by atoms with Crippen LogP contribution in [0.1, 0.15) is 34.9 Å². The fraction of sp³-hybridized carbons (Fsp3) is 0.636. The molecule has 3 heteroatoms. The predicted octanol–water partition coefficient (Wildman–Crippen LogP) is 2.00. The molecule has 2 atom stereocenters. The van der Waals surface area contributed by atoms with Crippen molar-refractivity contribution in [3.8, 4) is 0 Å². The highest BCUT2D eigenvalue weighted by Crippen LogP contribution is 2.39. The zero-order valence-electron chi connectivity index (χ0n) is 8.49. The lowest BCUT2D eigenvalue weighted by Gasteiger charge is -2.26. The Labute approximate surface area is 88.8 Å². The molecule has 0 saturated heterocycles. The van der Waals surface area contributed by atoms with Crippen LogP contribution in [0.5, 0.6) is 0 Å². The summed E-state index contributed by atoms with van der Waals surface area (Å²) < 4.78 is 0. The van der Waals surface area contributed by atoms with E-state index in [0.29, 0.717) is 5.92 Å². The van der Waals surface area contributed by atoms with Gasteiger partial charge >= 0.3 is 0 Å². The van der Waals surface area contributed by atoms with Gasteiger partial charge in [0.25, 0.3) is 0 Å². The maximum atomic E-state index is 9.99. The number of rotatable bonds is 2. The molecule has 1 heterocycles. The van der Waals surface area contributed by atoms with Gasteiger partial charge in [-0.2, -0.15) is 0 Å². The maximum Gasteiger partial charge on any atom is 0.0806 e. The van der Waals surface area contributed by atoms with Gasteiger partial charge in [0, 0.05) is 4.88 Å². The second-order valence-corrected chi connectivity index (χ2v) is 5.12. The third-order valence-electron chi connectivity index (χ3n) is 3.04. The Morgan fingerprint density at radius 2 is 2.43 bits per heavy atom. The second kappa shape index (κ2) is 4.01. The van der Waals surface area contributed by atoms with E-state index < -0.39 is 0 Å². The summed E-state index contributed by atoms with van der Waals surface area (Å²) in [5, 5.41) is 12.1. The first-order chi connectivity index (χ1) is 6.72.